The lowest BCUT2D eigenvalue weighted by molar-refractivity contribution is -0.142. The van der Waals surface area contributed by atoms with Gasteiger partial charge in [0.15, 0.2) is 0 Å². The predicted octanol–water partition coefficient (Wildman–Crippen LogP) is 12.9. The maximum Gasteiger partial charge on any atom is 0.243 e. The van der Waals surface area contributed by atoms with Gasteiger partial charge in [0.2, 0.25) is 23.6 Å². The number of likely N-dealkylation sites (tertiary alicyclic amines) is 2. The van der Waals surface area contributed by atoms with Gasteiger partial charge in [0.05, 0.1) is 0 Å². The molecule has 10 heteroatoms. The number of carbonyl (C=O) groups is 4. The van der Waals surface area contributed by atoms with Crippen LogP contribution in [0.2, 0.25) is 0 Å². The quantitative estimate of drug-likeness (QED) is 0.0590. The molecule has 2 N–H and O–H groups in total. The van der Waals surface area contributed by atoms with Crippen LogP contribution in [0.25, 0.3) is 0 Å². The van der Waals surface area contributed by atoms with Crippen molar-refractivity contribution in [1.82, 2.24) is 30.2 Å². The monoisotopic (exact) mass is 957 g/mol. The summed E-state index contributed by atoms with van der Waals surface area (Å²) in [7, 11) is 4.37. The fourth-order valence-electron chi connectivity index (χ4n) is 11.1. The first kappa shape index (κ1) is 61.9. The molecule has 2 aliphatic rings. The normalized spacial score (nSPS) is 17.6. The van der Waals surface area contributed by atoms with Gasteiger partial charge in [-0.25, -0.2) is 0 Å². The summed E-state index contributed by atoms with van der Waals surface area (Å²) >= 11 is 0. The Kier molecular flexibility index (Phi) is 35.9. The summed E-state index contributed by atoms with van der Waals surface area (Å²) < 4.78 is 0. The highest BCUT2D eigenvalue weighted by Crippen LogP contribution is 2.24. The average Bonchev–Trinajstić information content (AvgIpc) is 3.93. The second-order valence-corrected chi connectivity index (χ2v) is 22.2. The van der Waals surface area contributed by atoms with Crippen LogP contribution in [-0.4, -0.2) is 121 Å². The Morgan fingerprint density at radius 3 is 1.03 bits per heavy atom. The van der Waals surface area contributed by atoms with Crippen LogP contribution in [0.15, 0.2) is 0 Å². The zero-order valence-electron chi connectivity index (χ0n) is 46.2. The van der Waals surface area contributed by atoms with E-state index in [9.17, 15) is 19.2 Å². The van der Waals surface area contributed by atoms with E-state index >= 15 is 0 Å². The van der Waals surface area contributed by atoms with Crippen LogP contribution in [0.4, 0.5) is 0 Å². The summed E-state index contributed by atoms with van der Waals surface area (Å²) in [5.74, 6) is 0.264. The fraction of sp³-hybridized carbons (Fsp3) is 0.931. The molecule has 4 atom stereocenters. The summed E-state index contributed by atoms with van der Waals surface area (Å²) in [5.41, 5.74) is 0. The molecule has 0 aliphatic carbocycles. The van der Waals surface area contributed by atoms with Crippen molar-refractivity contribution in [3.05, 3.63) is 0 Å². The van der Waals surface area contributed by atoms with Crippen molar-refractivity contribution >= 4 is 23.6 Å². The molecule has 0 saturated carbocycles. The van der Waals surface area contributed by atoms with Gasteiger partial charge in [0.25, 0.3) is 0 Å². The minimum absolute atomic E-state index is 0.0238. The summed E-state index contributed by atoms with van der Waals surface area (Å²) in [4.78, 5) is 64.3. The molecule has 2 heterocycles. The molecule has 0 aromatic heterocycles. The van der Waals surface area contributed by atoms with Crippen LogP contribution in [-0.2, 0) is 19.2 Å². The second kappa shape index (κ2) is 39.4. The van der Waals surface area contributed by atoms with Crippen molar-refractivity contribution in [3.63, 3.8) is 0 Å². The highest BCUT2D eigenvalue weighted by atomic mass is 16.2. The van der Waals surface area contributed by atoms with Gasteiger partial charge in [0.1, 0.15) is 12.1 Å². The van der Waals surface area contributed by atoms with Crippen molar-refractivity contribution in [2.75, 3.05) is 53.4 Å². The zero-order chi connectivity index (χ0) is 49.8. The third-order valence-corrected chi connectivity index (χ3v) is 15.6. The molecule has 68 heavy (non-hydrogen) atoms. The third kappa shape index (κ3) is 26.9. The number of hydrogen-bond acceptors (Lipinski definition) is 6. The maximum atomic E-state index is 13.9. The summed E-state index contributed by atoms with van der Waals surface area (Å²) in [6.45, 7) is 17.5. The highest BCUT2D eigenvalue weighted by Gasteiger charge is 2.35. The Balaban J connectivity index is 1.83. The SMILES string of the molecule is CCCCCCCCCCCCCC(=O)N(CCC1CCCN1C)C(C(=O)NCCCCCCNC(=O)C(C(C)C)N(CCC1CCCN1C)C(=O)CCCCCCCCCCCCC)C(C)C. The maximum absolute atomic E-state index is 13.9. The molecule has 0 aromatic rings. The highest BCUT2D eigenvalue weighted by molar-refractivity contribution is 5.88. The number of carbonyl (C=O) groups excluding carboxylic acids is 4. The smallest absolute Gasteiger partial charge is 0.243 e. The van der Waals surface area contributed by atoms with Crippen LogP contribution in [0.3, 0.4) is 0 Å². The van der Waals surface area contributed by atoms with Gasteiger partial charge < -0.3 is 30.2 Å². The molecule has 2 aliphatic heterocycles. The Hall–Kier alpha value is -2.20. The van der Waals surface area contributed by atoms with Crippen LogP contribution in [0.1, 0.15) is 260 Å². The van der Waals surface area contributed by atoms with Gasteiger partial charge in [-0.1, -0.05) is 183 Å². The van der Waals surface area contributed by atoms with E-state index in [1.165, 1.54) is 128 Å². The van der Waals surface area contributed by atoms with E-state index in [1.807, 2.05) is 9.80 Å². The average molecular weight is 958 g/mol. The molecule has 0 spiro atoms. The van der Waals surface area contributed by atoms with E-state index in [1.54, 1.807) is 0 Å². The van der Waals surface area contributed by atoms with Crippen molar-refractivity contribution in [2.24, 2.45) is 11.8 Å². The first-order valence-corrected chi connectivity index (χ1v) is 29.5. The number of nitrogens with zero attached hydrogens (tertiary/aromatic N) is 4. The number of hydrogen-bond donors (Lipinski definition) is 2. The lowest BCUT2D eigenvalue weighted by Gasteiger charge is -2.35. The van der Waals surface area contributed by atoms with Crippen molar-refractivity contribution < 1.29 is 19.2 Å². The lowest BCUT2D eigenvalue weighted by Crippen LogP contribution is -2.53. The third-order valence-electron chi connectivity index (χ3n) is 15.6. The molecule has 2 saturated heterocycles. The molecular weight excluding hydrogens is 845 g/mol. The van der Waals surface area contributed by atoms with Crippen LogP contribution in [0, 0.1) is 11.8 Å². The minimum atomic E-state index is -0.462. The van der Waals surface area contributed by atoms with E-state index in [-0.39, 0.29) is 35.5 Å². The van der Waals surface area contributed by atoms with E-state index in [0.29, 0.717) is 51.1 Å². The summed E-state index contributed by atoms with van der Waals surface area (Å²) in [6.07, 6.45) is 38.8. The van der Waals surface area contributed by atoms with Gasteiger partial charge in [0, 0.05) is 51.1 Å². The molecule has 398 valence electrons. The standard InChI is InChI=1S/C58H112N6O4/c1-9-11-13-15-17-19-21-23-25-27-31-39-53(65)63(47-41-51-37-35-45-61(51)7)55(49(3)4)57(67)59-43-33-29-30-34-44-60-58(68)56(50(5)6)64(48-42-52-38-36-46-62(52)8)54(66)40-32-28-26-24-22-20-18-16-14-12-10-2/h49-52,55-56H,9-48H2,1-8H3,(H,59,67)(H,60,68). The van der Waals surface area contributed by atoms with Crippen molar-refractivity contribution in [1.29, 1.82) is 0 Å². The van der Waals surface area contributed by atoms with Crippen LogP contribution in [0.5, 0.6) is 0 Å². The Bertz CT molecular complexity index is 1200. The molecule has 0 aromatic carbocycles. The lowest BCUT2D eigenvalue weighted by atomic mass is 9.98. The first-order valence-electron chi connectivity index (χ1n) is 29.5. The van der Waals surface area contributed by atoms with Gasteiger partial charge in [-0.05, 0) is 103 Å². The number of rotatable bonds is 43. The predicted molar refractivity (Wildman–Crippen MR) is 288 cm³/mol. The van der Waals surface area contributed by atoms with E-state index in [0.717, 1.165) is 90.1 Å². The number of unbranched alkanes of at least 4 members (excludes halogenated alkanes) is 23. The molecule has 4 amide bonds. The van der Waals surface area contributed by atoms with Gasteiger partial charge in [-0.2, -0.15) is 0 Å². The molecular formula is C58H112N6O4. The Morgan fingerprint density at radius 1 is 0.456 bits per heavy atom. The minimum Gasteiger partial charge on any atom is -0.354 e. The molecule has 0 radical (unpaired) electrons. The second-order valence-electron chi connectivity index (χ2n) is 22.2. The van der Waals surface area contributed by atoms with E-state index in [4.69, 9.17) is 0 Å². The molecule has 10 nitrogen and oxygen atoms in total. The first-order chi connectivity index (χ1) is 32.9. The molecule has 0 bridgehead atoms. The van der Waals surface area contributed by atoms with Crippen molar-refractivity contribution in [3.8, 4) is 0 Å². The summed E-state index contributed by atoms with van der Waals surface area (Å²) in [6, 6.07) is 0.0182. The van der Waals surface area contributed by atoms with Crippen LogP contribution >= 0.6 is 0 Å². The van der Waals surface area contributed by atoms with Crippen LogP contribution < -0.4 is 10.6 Å². The van der Waals surface area contributed by atoms with Gasteiger partial charge in [-0.15, -0.1) is 0 Å². The van der Waals surface area contributed by atoms with Gasteiger partial charge in [-0.3, -0.25) is 19.2 Å². The molecule has 2 rings (SSSR count). The molecule has 2 fully saturated rings. The van der Waals surface area contributed by atoms with Crippen molar-refractivity contribution in [2.45, 2.75) is 284 Å². The Morgan fingerprint density at radius 2 is 0.750 bits per heavy atom. The zero-order valence-corrected chi connectivity index (χ0v) is 46.2. The number of nitrogens with one attached hydrogen (secondary N) is 2. The Labute approximate surface area is 420 Å². The number of amides is 4. The van der Waals surface area contributed by atoms with Gasteiger partial charge >= 0.3 is 0 Å². The summed E-state index contributed by atoms with van der Waals surface area (Å²) in [5, 5.41) is 6.45. The molecule has 4 unspecified atom stereocenters. The van der Waals surface area contributed by atoms with E-state index in [2.05, 4.69) is 76.1 Å². The van der Waals surface area contributed by atoms with E-state index < -0.39 is 12.1 Å². The largest absolute Gasteiger partial charge is 0.354 e. The fourth-order valence-corrected chi connectivity index (χ4v) is 11.1. The topological polar surface area (TPSA) is 105 Å².